The maximum atomic E-state index is 12.5. The van der Waals surface area contributed by atoms with Crippen LogP contribution in [-0.4, -0.2) is 44.4 Å². The highest BCUT2D eigenvalue weighted by molar-refractivity contribution is 7.80. The van der Waals surface area contributed by atoms with Gasteiger partial charge in [0.2, 0.25) is 11.9 Å². The van der Waals surface area contributed by atoms with E-state index in [0.29, 0.717) is 30.3 Å². The summed E-state index contributed by atoms with van der Waals surface area (Å²) in [6.07, 6.45) is 10.6. The SMILES string of the molecule is Nc1cnc(-n2cccn2)[nH]c1=O.O=c1[nH]c(-n2cccn2)ncc1CC(=S)CC(c1ccccc1)c1ccccc1. The molecule has 6 aromatic rings. The Balaban J connectivity index is 0.000000226. The summed E-state index contributed by atoms with van der Waals surface area (Å²) >= 11 is 5.69. The summed E-state index contributed by atoms with van der Waals surface area (Å²) < 4.78 is 2.96. The van der Waals surface area contributed by atoms with E-state index in [0.717, 1.165) is 4.86 Å². The Morgan fingerprint density at radius 2 is 1.29 bits per heavy atom. The number of nitrogen functional groups attached to an aromatic ring is 1. The van der Waals surface area contributed by atoms with Gasteiger partial charge in [-0.3, -0.25) is 19.6 Å². The Morgan fingerprint density at radius 3 is 1.76 bits per heavy atom. The van der Waals surface area contributed by atoms with Gasteiger partial charge >= 0.3 is 0 Å². The van der Waals surface area contributed by atoms with Gasteiger partial charge in [0.1, 0.15) is 5.69 Å². The minimum atomic E-state index is -0.361. The predicted octanol–water partition coefficient (Wildman–Crippen LogP) is 3.63. The van der Waals surface area contributed by atoms with Gasteiger partial charge in [-0.25, -0.2) is 19.3 Å². The molecular formula is C30H27N9O2S. The quantitative estimate of drug-likeness (QED) is 0.232. The van der Waals surface area contributed by atoms with E-state index >= 15 is 0 Å². The molecule has 0 aliphatic heterocycles. The molecule has 42 heavy (non-hydrogen) atoms. The zero-order valence-electron chi connectivity index (χ0n) is 22.4. The number of aromatic amines is 2. The van der Waals surface area contributed by atoms with E-state index in [1.807, 2.05) is 36.4 Å². The van der Waals surface area contributed by atoms with Gasteiger partial charge in [-0.2, -0.15) is 10.2 Å². The first-order valence-corrected chi connectivity index (χ1v) is 13.4. The van der Waals surface area contributed by atoms with Gasteiger partial charge < -0.3 is 5.73 Å². The summed E-state index contributed by atoms with van der Waals surface area (Å²) in [7, 11) is 0. The van der Waals surface area contributed by atoms with Crippen molar-refractivity contribution < 1.29 is 0 Å². The maximum absolute atomic E-state index is 12.5. The summed E-state index contributed by atoms with van der Waals surface area (Å²) in [5.74, 6) is 0.894. The van der Waals surface area contributed by atoms with Crippen molar-refractivity contribution in [2.45, 2.75) is 18.8 Å². The number of aromatic nitrogens is 8. The number of anilines is 1. The van der Waals surface area contributed by atoms with Crippen LogP contribution < -0.4 is 16.9 Å². The van der Waals surface area contributed by atoms with Crippen LogP contribution in [0.3, 0.4) is 0 Å². The molecule has 0 amide bonds. The number of rotatable bonds is 8. The lowest BCUT2D eigenvalue weighted by atomic mass is 9.86. The molecule has 12 heteroatoms. The van der Waals surface area contributed by atoms with Crippen molar-refractivity contribution in [3.8, 4) is 11.9 Å². The molecular weight excluding hydrogens is 550 g/mol. The average Bonchev–Trinajstić information content (AvgIpc) is 3.75. The number of nitrogens with zero attached hydrogens (tertiary/aromatic N) is 6. The Morgan fingerprint density at radius 1 is 0.762 bits per heavy atom. The van der Waals surface area contributed by atoms with Crippen molar-refractivity contribution in [2.24, 2.45) is 0 Å². The van der Waals surface area contributed by atoms with Crippen LogP contribution >= 0.6 is 12.2 Å². The zero-order valence-corrected chi connectivity index (χ0v) is 23.2. The Kier molecular flexibility index (Phi) is 8.85. The lowest BCUT2D eigenvalue weighted by molar-refractivity contribution is 0.795. The van der Waals surface area contributed by atoms with E-state index in [-0.39, 0.29) is 22.7 Å². The predicted molar refractivity (Wildman–Crippen MR) is 164 cm³/mol. The monoisotopic (exact) mass is 577 g/mol. The zero-order chi connectivity index (χ0) is 29.3. The van der Waals surface area contributed by atoms with E-state index in [1.165, 1.54) is 26.7 Å². The van der Waals surface area contributed by atoms with E-state index in [2.05, 4.69) is 54.4 Å². The molecule has 0 unspecified atom stereocenters. The second kappa shape index (κ2) is 13.2. The van der Waals surface area contributed by atoms with Crippen LogP contribution in [-0.2, 0) is 6.42 Å². The van der Waals surface area contributed by atoms with Crippen molar-refractivity contribution in [1.29, 1.82) is 0 Å². The molecule has 6 rings (SSSR count). The van der Waals surface area contributed by atoms with Crippen LogP contribution in [0.15, 0.2) is 120 Å². The third-order valence-corrected chi connectivity index (χ3v) is 6.65. The average molecular weight is 578 g/mol. The number of hydrogen-bond donors (Lipinski definition) is 3. The lowest BCUT2D eigenvalue weighted by Crippen LogP contribution is -2.20. The Labute approximate surface area is 245 Å². The number of benzene rings is 2. The minimum absolute atomic E-state index is 0.0934. The molecule has 4 heterocycles. The summed E-state index contributed by atoms with van der Waals surface area (Å²) in [4.78, 5) is 37.9. The number of hydrogen-bond acceptors (Lipinski definition) is 8. The van der Waals surface area contributed by atoms with Crippen molar-refractivity contribution in [3.63, 3.8) is 0 Å². The highest BCUT2D eigenvalue weighted by atomic mass is 32.1. The summed E-state index contributed by atoms with van der Waals surface area (Å²) in [5, 5.41) is 7.98. The number of nitrogens with two attached hydrogens (primary N) is 1. The van der Waals surface area contributed by atoms with Crippen LogP contribution in [0.25, 0.3) is 11.9 Å². The first-order chi connectivity index (χ1) is 20.5. The molecule has 0 saturated carbocycles. The largest absolute Gasteiger partial charge is 0.393 e. The summed E-state index contributed by atoms with van der Waals surface area (Å²) in [6.45, 7) is 0. The second-order valence-electron chi connectivity index (χ2n) is 9.25. The second-order valence-corrected chi connectivity index (χ2v) is 9.82. The van der Waals surface area contributed by atoms with Crippen LogP contribution in [0, 0.1) is 0 Å². The molecule has 4 N–H and O–H groups in total. The van der Waals surface area contributed by atoms with Crippen molar-refractivity contribution in [3.05, 3.63) is 147 Å². The molecule has 0 bridgehead atoms. The van der Waals surface area contributed by atoms with Crippen molar-refractivity contribution in [1.82, 2.24) is 39.5 Å². The molecule has 0 aliphatic rings. The maximum Gasteiger partial charge on any atom is 0.275 e. The van der Waals surface area contributed by atoms with E-state index < -0.39 is 0 Å². The number of nitrogens with one attached hydrogen (secondary N) is 2. The number of H-pyrrole nitrogens is 2. The minimum Gasteiger partial charge on any atom is -0.393 e. The molecule has 0 radical (unpaired) electrons. The van der Waals surface area contributed by atoms with Crippen LogP contribution in [0.2, 0.25) is 0 Å². The van der Waals surface area contributed by atoms with Crippen molar-refractivity contribution in [2.75, 3.05) is 5.73 Å². The first kappa shape index (κ1) is 28.1. The highest BCUT2D eigenvalue weighted by Gasteiger charge is 2.17. The first-order valence-electron chi connectivity index (χ1n) is 13.0. The Bertz CT molecular complexity index is 1810. The van der Waals surface area contributed by atoms with Crippen molar-refractivity contribution >= 4 is 22.8 Å². The molecule has 210 valence electrons. The lowest BCUT2D eigenvalue weighted by Gasteiger charge is -2.18. The topological polar surface area (TPSA) is 153 Å². The van der Waals surface area contributed by atoms with E-state index in [1.54, 1.807) is 43.1 Å². The smallest absolute Gasteiger partial charge is 0.275 e. The molecule has 0 aliphatic carbocycles. The summed E-state index contributed by atoms with van der Waals surface area (Å²) in [5.41, 5.74) is 7.83. The summed E-state index contributed by atoms with van der Waals surface area (Å²) in [6, 6.07) is 24.2. The fourth-order valence-electron chi connectivity index (χ4n) is 4.27. The van der Waals surface area contributed by atoms with Gasteiger partial charge in [-0.15, -0.1) is 0 Å². The van der Waals surface area contributed by atoms with E-state index in [4.69, 9.17) is 18.0 Å². The third kappa shape index (κ3) is 6.98. The van der Waals surface area contributed by atoms with Crippen LogP contribution in [0.5, 0.6) is 0 Å². The van der Waals surface area contributed by atoms with E-state index in [9.17, 15) is 9.59 Å². The van der Waals surface area contributed by atoms with Gasteiger partial charge in [0.15, 0.2) is 0 Å². The van der Waals surface area contributed by atoms with Crippen LogP contribution in [0.1, 0.15) is 29.0 Å². The molecule has 0 atom stereocenters. The molecule has 0 saturated heterocycles. The standard InChI is InChI=1S/C23H20N4OS.C7H7N5O/c28-22-19(16-24-23(26-22)27-13-7-12-25-27)14-20(29)15-21(17-8-3-1-4-9-17)18-10-5-2-6-11-18;8-5-4-9-7(11-6(5)13)12-3-1-2-10-12/h1-13,16,21H,14-15H2,(H,24,26,28);1-4H,8H2,(H,9,11,13). The third-order valence-electron chi connectivity index (χ3n) is 6.34. The number of thiocarbonyl (C=S) groups is 1. The highest BCUT2D eigenvalue weighted by Crippen LogP contribution is 2.28. The molecule has 11 nitrogen and oxygen atoms in total. The fraction of sp³-hybridized carbons (Fsp3) is 0.100. The van der Waals surface area contributed by atoms with Crippen LogP contribution in [0.4, 0.5) is 5.69 Å². The van der Waals surface area contributed by atoms with Gasteiger partial charge in [-0.05, 0) is 34.5 Å². The molecule has 2 aromatic carbocycles. The molecule has 4 aromatic heterocycles. The van der Waals surface area contributed by atoms with Gasteiger partial charge in [-0.1, -0.05) is 72.9 Å². The molecule has 0 spiro atoms. The van der Waals surface area contributed by atoms with Gasteiger partial charge in [0.25, 0.3) is 11.1 Å². The normalized spacial score (nSPS) is 10.7. The Hall–Kier alpha value is -5.49. The van der Waals surface area contributed by atoms with Gasteiger partial charge in [0.05, 0.1) is 6.20 Å². The fourth-order valence-corrected chi connectivity index (χ4v) is 4.59. The molecule has 0 fully saturated rings. The van der Waals surface area contributed by atoms with Gasteiger partial charge in [0, 0.05) is 48.9 Å².